The van der Waals surface area contributed by atoms with Gasteiger partial charge in [-0.2, -0.15) is 0 Å². The van der Waals surface area contributed by atoms with Gasteiger partial charge in [-0.3, -0.25) is 0 Å². The van der Waals surface area contributed by atoms with E-state index < -0.39 is 0 Å². The van der Waals surface area contributed by atoms with Gasteiger partial charge < -0.3 is 19.7 Å². The molecule has 0 bridgehead atoms. The Bertz CT molecular complexity index is 453. The van der Waals surface area contributed by atoms with Gasteiger partial charge in [-0.25, -0.2) is 4.79 Å². The van der Waals surface area contributed by atoms with Gasteiger partial charge in [-0.05, 0) is 30.7 Å². The lowest BCUT2D eigenvalue weighted by Crippen LogP contribution is -2.41. The number of rotatable bonds is 7. The number of amides is 2. The molecule has 0 saturated carbocycles. The Hall–Kier alpha value is -1.59. The van der Waals surface area contributed by atoms with Crippen molar-refractivity contribution in [3.8, 4) is 0 Å². The number of hydrogen-bond donors (Lipinski definition) is 1. The lowest BCUT2D eigenvalue weighted by atomic mass is 9.92. The molecule has 5 nitrogen and oxygen atoms in total. The van der Waals surface area contributed by atoms with E-state index in [2.05, 4.69) is 35.6 Å². The van der Waals surface area contributed by atoms with E-state index in [0.717, 1.165) is 32.4 Å². The van der Waals surface area contributed by atoms with Crippen LogP contribution in [0.15, 0.2) is 30.3 Å². The van der Waals surface area contributed by atoms with Crippen LogP contribution in [0, 0.1) is 0 Å². The Kier molecular flexibility index (Phi) is 7.90. The molecule has 1 fully saturated rings. The molecule has 1 aliphatic heterocycles. The minimum absolute atomic E-state index is 0.0223. The second kappa shape index (κ2) is 10.2. The third-order valence-electron chi connectivity index (χ3n) is 4.24. The zero-order valence-electron chi connectivity index (χ0n) is 14.0. The Morgan fingerprint density at radius 1 is 1.17 bits per heavy atom. The lowest BCUT2D eigenvalue weighted by Gasteiger charge is -2.21. The highest BCUT2D eigenvalue weighted by Gasteiger charge is 2.21. The fourth-order valence-electron chi connectivity index (χ4n) is 2.94. The van der Waals surface area contributed by atoms with E-state index in [-0.39, 0.29) is 6.03 Å². The maximum atomic E-state index is 12.2. The van der Waals surface area contributed by atoms with Gasteiger partial charge in [0.05, 0.1) is 19.8 Å². The molecule has 0 aliphatic carbocycles. The number of carbonyl (C=O) groups is 1. The van der Waals surface area contributed by atoms with Gasteiger partial charge in [0.15, 0.2) is 0 Å². The lowest BCUT2D eigenvalue weighted by molar-refractivity contribution is 0.0721. The molecule has 1 atom stereocenters. The average Bonchev–Trinajstić information content (AvgIpc) is 2.85. The summed E-state index contributed by atoms with van der Waals surface area (Å²) in [5.74, 6) is 0.561. The van der Waals surface area contributed by atoms with E-state index in [1.165, 1.54) is 5.56 Å². The fourth-order valence-corrected chi connectivity index (χ4v) is 2.94. The number of ether oxygens (including phenoxy) is 2. The van der Waals surface area contributed by atoms with Crippen LogP contribution in [0.2, 0.25) is 0 Å². The molecule has 23 heavy (non-hydrogen) atoms. The van der Waals surface area contributed by atoms with Crippen LogP contribution in [0.5, 0.6) is 0 Å². The highest BCUT2D eigenvalue weighted by molar-refractivity contribution is 5.74. The minimum atomic E-state index is 0.0223. The van der Waals surface area contributed by atoms with Crippen LogP contribution in [0.1, 0.15) is 30.7 Å². The molecule has 1 heterocycles. The van der Waals surface area contributed by atoms with Crippen molar-refractivity contribution in [1.82, 2.24) is 10.2 Å². The molecule has 5 heteroatoms. The molecular weight excluding hydrogens is 292 g/mol. The first kappa shape index (κ1) is 17.8. The summed E-state index contributed by atoms with van der Waals surface area (Å²) in [5.41, 5.74) is 1.39. The summed E-state index contributed by atoms with van der Waals surface area (Å²) in [6.07, 6.45) is 3.23. The standard InChI is InChI=1S/C18H28N2O3/c1-22-14-15-23-13-10-19-18(21)20-11-5-8-17(9-12-20)16-6-3-2-4-7-16/h2-4,6-7,17H,5,8-15H2,1H3,(H,19,21)/t17-/m1/s1. The summed E-state index contributed by atoms with van der Waals surface area (Å²) in [6, 6.07) is 10.6. The minimum Gasteiger partial charge on any atom is -0.382 e. The summed E-state index contributed by atoms with van der Waals surface area (Å²) in [7, 11) is 1.65. The third-order valence-corrected chi connectivity index (χ3v) is 4.24. The van der Waals surface area contributed by atoms with Gasteiger partial charge in [-0.1, -0.05) is 30.3 Å². The predicted octanol–water partition coefficient (Wildman–Crippen LogP) is 2.63. The molecule has 0 aromatic heterocycles. The molecule has 2 amide bonds. The van der Waals surface area contributed by atoms with Crippen molar-refractivity contribution < 1.29 is 14.3 Å². The Morgan fingerprint density at radius 2 is 2.00 bits per heavy atom. The van der Waals surface area contributed by atoms with Gasteiger partial charge >= 0.3 is 6.03 Å². The third kappa shape index (κ3) is 6.20. The second-order valence-corrected chi connectivity index (χ2v) is 5.86. The first-order valence-electron chi connectivity index (χ1n) is 8.45. The maximum Gasteiger partial charge on any atom is 0.317 e. The van der Waals surface area contributed by atoms with Gasteiger partial charge in [0.2, 0.25) is 0 Å². The normalized spacial score (nSPS) is 18.5. The molecule has 0 spiro atoms. The Morgan fingerprint density at radius 3 is 2.78 bits per heavy atom. The van der Waals surface area contributed by atoms with Crippen LogP contribution >= 0.6 is 0 Å². The molecular formula is C18H28N2O3. The zero-order valence-corrected chi connectivity index (χ0v) is 14.0. The molecule has 128 valence electrons. The molecule has 1 saturated heterocycles. The number of benzene rings is 1. The summed E-state index contributed by atoms with van der Waals surface area (Å²) >= 11 is 0. The summed E-state index contributed by atoms with van der Waals surface area (Å²) in [6.45, 7) is 3.86. The molecule has 0 unspecified atom stereocenters. The number of carbonyl (C=O) groups excluding carboxylic acids is 1. The number of nitrogens with zero attached hydrogens (tertiary/aromatic N) is 1. The van der Waals surface area contributed by atoms with Crippen LogP contribution in [0.4, 0.5) is 4.79 Å². The summed E-state index contributed by atoms with van der Waals surface area (Å²) in [5, 5.41) is 2.93. The zero-order chi connectivity index (χ0) is 16.3. The van der Waals surface area contributed by atoms with Crippen LogP contribution < -0.4 is 5.32 Å². The van der Waals surface area contributed by atoms with Crippen molar-refractivity contribution >= 4 is 6.03 Å². The monoisotopic (exact) mass is 320 g/mol. The molecule has 1 aliphatic rings. The van der Waals surface area contributed by atoms with Gasteiger partial charge in [-0.15, -0.1) is 0 Å². The second-order valence-electron chi connectivity index (χ2n) is 5.86. The molecule has 0 radical (unpaired) electrons. The number of methoxy groups -OCH3 is 1. The van der Waals surface area contributed by atoms with E-state index in [4.69, 9.17) is 9.47 Å². The van der Waals surface area contributed by atoms with Crippen molar-refractivity contribution in [3.05, 3.63) is 35.9 Å². The highest BCUT2D eigenvalue weighted by Crippen LogP contribution is 2.27. The quantitative estimate of drug-likeness (QED) is 0.786. The number of nitrogens with one attached hydrogen (secondary N) is 1. The van der Waals surface area contributed by atoms with Gasteiger partial charge in [0.25, 0.3) is 0 Å². The molecule has 2 rings (SSSR count). The maximum absolute atomic E-state index is 12.2. The predicted molar refractivity (Wildman–Crippen MR) is 90.7 cm³/mol. The van der Waals surface area contributed by atoms with E-state index in [1.807, 2.05) is 4.90 Å². The highest BCUT2D eigenvalue weighted by atomic mass is 16.5. The number of urea groups is 1. The molecule has 1 aromatic rings. The van der Waals surface area contributed by atoms with Crippen molar-refractivity contribution in [2.45, 2.75) is 25.2 Å². The fraction of sp³-hybridized carbons (Fsp3) is 0.611. The van der Waals surface area contributed by atoms with Crippen molar-refractivity contribution in [2.24, 2.45) is 0 Å². The number of likely N-dealkylation sites (tertiary alicyclic amines) is 1. The molecule has 1 aromatic carbocycles. The van der Waals surface area contributed by atoms with E-state index in [0.29, 0.717) is 32.3 Å². The number of hydrogen-bond acceptors (Lipinski definition) is 3. The smallest absolute Gasteiger partial charge is 0.317 e. The van der Waals surface area contributed by atoms with Gasteiger partial charge in [0, 0.05) is 26.7 Å². The summed E-state index contributed by atoms with van der Waals surface area (Å²) < 4.78 is 10.3. The SMILES string of the molecule is COCCOCCNC(=O)N1CCC[C@@H](c2ccccc2)CC1. The van der Waals surface area contributed by atoms with Crippen molar-refractivity contribution in [2.75, 3.05) is 46.6 Å². The van der Waals surface area contributed by atoms with Crippen LogP contribution in [0.3, 0.4) is 0 Å². The average molecular weight is 320 g/mol. The van der Waals surface area contributed by atoms with E-state index >= 15 is 0 Å². The van der Waals surface area contributed by atoms with Crippen LogP contribution in [-0.4, -0.2) is 57.5 Å². The van der Waals surface area contributed by atoms with Crippen LogP contribution in [-0.2, 0) is 9.47 Å². The van der Waals surface area contributed by atoms with Crippen LogP contribution in [0.25, 0.3) is 0 Å². The van der Waals surface area contributed by atoms with Gasteiger partial charge in [0.1, 0.15) is 0 Å². The summed E-state index contributed by atoms with van der Waals surface area (Å²) in [4.78, 5) is 14.1. The van der Waals surface area contributed by atoms with E-state index in [9.17, 15) is 4.79 Å². The topological polar surface area (TPSA) is 50.8 Å². The van der Waals surface area contributed by atoms with Crippen molar-refractivity contribution in [1.29, 1.82) is 0 Å². The van der Waals surface area contributed by atoms with Crippen molar-refractivity contribution in [3.63, 3.8) is 0 Å². The molecule has 1 N–H and O–H groups in total. The Labute approximate surface area is 139 Å². The largest absolute Gasteiger partial charge is 0.382 e. The Balaban J connectivity index is 1.69. The first-order chi connectivity index (χ1) is 11.3. The van der Waals surface area contributed by atoms with E-state index in [1.54, 1.807) is 7.11 Å². The first-order valence-corrected chi connectivity index (χ1v) is 8.45.